The van der Waals surface area contributed by atoms with Crippen LogP contribution >= 0.6 is 0 Å². The summed E-state index contributed by atoms with van der Waals surface area (Å²) in [5.74, 6) is 0. The molecule has 0 amide bonds. The van der Waals surface area contributed by atoms with Gasteiger partial charge in [0.1, 0.15) is 0 Å². The smallest absolute Gasteiger partial charge is 0.300 e. The van der Waals surface area contributed by atoms with Gasteiger partial charge in [-0.05, 0) is 36.3 Å². The first-order chi connectivity index (χ1) is 9.70. The molecule has 1 atom stereocenters. The predicted octanol–water partition coefficient (Wildman–Crippen LogP) is 1.32. The number of hydrogen-bond donors (Lipinski definition) is 1. The molecule has 8 nitrogen and oxygen atoms in total. The third-order valence-electron chi connectivity index (χ3n) is 3.74. The molecule has 106 valence electrons. The van der Waals surface area contributed by atoms with Crippen molar-refractivity contribution in [1.29, 1.82) is 0 Å². The maximum atomic E-state index is 11.0. The molecule has 1 unspecified atom stereocenters. The van der Waals surface area contributed by atoms with Crippen molar-refractivity contribution in [2.45, 2.75) is 18.9 Å². The summed E-state index contributed by atoms with van der Waals surface area (Å²) in [6.45, 7) is 1.74. The van der Waals surface area contributed by atoms with Gasteiger partial charge in [-0.1, -0.05) is 0 Å². The number of likely N-dealkylation sites (N-methyl/N-ethyl adjacent to an activating group) is 1. The van der Waals surface area contributed by atoms with Crippen molar-refractivity contribution in [3.05, 3.63) is 22.2 Å². The highest BCUT2D eigenvalue weighted by atomic mass is 16.6. The van der Waals surface area contributed by atoms with E-state index in [-0.39, 0.29) is 11.2 Å². The summed E-state index contributed by atoms with van der Waals surface area (Å²) >= 11 is 0. The number of fused-ring (bicyclic) bond motifs is 1. The van der Waals surface area contributed by atoms with Gasteiger partial charge in [0.15, 0.2) is 5.52 Å². The standard InChI is InChI=1S/C12H15N5O3/c1-13-8-3-2-6-16(7-8)9-4-5-10(17(18)19)12-11(9)14-20-15-12/h4-5,8,13H,2-3,6-7H2,1H3. The van der Waals surface area contributed by atoms with E-state index in [1.54, 1.807) is 6.07 Å². The summed E-state index contributed by atoms with van der Waals surface area (Å²) in [7, 11) is 1.94. The van der Waals surface area contributed by atoms with Crippen molar-refractivity contribution in [2.24, 2.45) is 0 Å². The Hall–Kier alpha value is -2.22. The third-order valence-corrected chi connectivity index (χ3v) is 3.74. The Morgan fingerprint density at radius 1 is 1.45 bits per heavy atom. The summed E-state index contributed by atoms with van der Waals surface area (Å²) in [5, 5.41) is 21.7. The first-order valence-corrected chi connectivity index (χ1v) is 6.52. The average Bonchev–Trinajstić information content (AvgIpc) is 2.95. The molecule has 2 heterocycles. The molecule has 1 N–H and O–H groups in total. The van der Waals surface area contributed by atoms with Crippen LogP contribution in [0.4, 0.5) is 11.4 Å². The molecule has 1 saturated heterocycles. The predicted molar refractivity (Wildman–Crippen MR) is 72.8 cm³/mol. The van der Waals surface area contributed by atoms with E-state index in [9.17, 15) is 10.1 Å². The summed E-state index contributed by atoms with van der Waals surface area (Å²) in [4.78, 5) is 12.7. The number of hydrogen-bond acceptors (Lipinski definition) is 7. The number of benzene rings is 1. The molecule has 1 aromatic heterocycles. The summed E-state index contributed by atoms with van der Waals surface area (Å²) in [6.07, 6.45) is 2.19. The summed E-state index contributed by atoms with van der Waals surface area (Å²) in [6, 6.07) is 3.60. The largest absolute Gasteiger partial charge is 0.368 e. The van der Waals surface area contributed by atoms with Gasteiger partial charge in [-0.25, -0.2) is 4.63 Å². The molecule has 3 rings (SSSR count). The first-order valence-electron chi connectivity index (χ1n) is 6.52. The lowest BCUT2D eigenvalue weighted by Gasteiger charge is -2.34. The Labute approximate surface area is 114 Å². The molecule has 1 aliphatic rings. The van der Waals surface area contributed by atoms with Gasteiger partial charge in [0.25, 0.3) is 0 Å². The van der Waals surface area contributed by atoms with Crippen molar-refractivity contribution in [1.82, 2.24) is 15.6 Å². The molecular weight excluding hydrogens is 262 g/mol. The zero-order valence-corrected chi connectivity index (χ0v) is 11.1. The lowest BCUT2D eigenvalue weighted by molar-refractivity contribution is -0.383. The monoisotopic (exact) mass is 277 g/mol. The third kappa shape index (κ3) is 2.07. The SMILES string of the molecule is CNC1CCCN(c2ccc([N+](=O)[O-])c3nonc23)C1. The lowest BCUT2D eigenvalue weighted by Crippen LogP contribution is -2.44. The van der Waals surface area contributed by atoms with Crippen LogP contribution in [0.25, 0.3) is 11.0 Å². The van der Waals surface area contributed by atoms with Crippen molar-refractivity contribution in [3.63, 3.8) is 0 Å². The minimum Gasteiger partial charge on any atom is -0.368 e. The second kappa shape index (κ2) is 5.04. The number of nitro groups is 1. The Bertz CT molecular complexity index is 641. The molecule has 8 heteroatoms. The van der Waals surface area contributed by atoms with Crippen LogP contribution in [-0.4, -0.2) is 41.4 Å². The average molecular weight is 277 g/mol. The van der Waals surface area contributed by atoms with E-state index in [0.29, 0.717) is 11.6 Å². The highest BCUT2D eigenvalue weighted by Gasteiger charge is 2.25. The second-order valence-corrected chi connectivity index (χ2v) is 4.90. The topological polar surface area (TPSA) is 97.3 Å². The molecule has 0 radical (unpaired) electrons. The van der Waals surface area contributed by atoms with Crippen LogP contribution in [0.1, 0.15) is 12.8 Å². The second-order valence-electron chi connectivity index (χ2n) is 4.90. The van der Waals surface area contributed by atoms with Crippen molar-refractivity contribution in [3.8, 4) is 0 Å². The van der Waals surface area contributed by atoms with Gasteiger partial charge in [-0.3, -0.25) is 10.1 Å². The van der Waals surface area contributed by atoms with Gasteiger partial charge >= 0.3 is 5.69 Å². The van der Waals surface area contributed by atoms with Crippen molar-refractivity contribution < 1.29 is 9.55 Å². The van der Waals surface area contributed by atoms with Crippen LogP contribution in [0.5, 0.6) is 0 Å². The number of anilines is 1. The van der Waals surface area contributed by atoms with E-state index < -0.39 is 4.92 Å². The van der Waals surface area contributed by atoms with Crippen LogP contribution in [-0.2, 0) is 0 Å². The molecule has 0 aliphatic carbocycles. The van der Waals surface area contributed by atoms with Crippen LogP contribution in [0.3, 0.4) is 0 Å². The number of non-ortho nitro benzene ring substituents is 1. The Morgan fingerprint density at radius 2 is 2.25 bits per heavy atom. The van der Waals surface area contributed by atoms with Crippen LogP contribution < -0.4 is 10.2 Å². The maximum Gasteiger partial charge on any atom is 0.300 e. The zero-order chi connectivity index (χ0) is 14.1. The fraction of sp³-hybridized carbons (Fsp3) is 0.500. The fourth-order valence-corrected chi connectivity index (χ4v) is 2.67. The van der Waals surface area contributed by atoms with Gasteiger partial charge in [0.2, 0.25) is 5.52 Å². The van der Waals surface area contributed by atoms with Crippen LogP contribution in [0, 0.1) is 10.1 Å². The Balaban J connectivity index is 2.02. The summed E-state index contributed by atoms with van der Waals surface area (Å²) < 4.78 is 4.69. The lowest BCUT2D eigenvalue weighted by atomic mass is 10.0. The van der Waals surface area contributed by atoms with E-state index in [0.717, 1.165) is 31.6 Å². The number of piperidine rings is 1. The molecule has 0 saturated carbocycles. The van der Waals surface area contributed by atoms with Crippen molar-refractivity contribution in [2.75, 3.05) is 25.0 Å². The van der Waals surface area contributed by atoms with Gasteiger partial charge in [0, 0.05) is 25.2 Å². The number of nitrogens with one attached hydrogen (secondary N) is 1. The molecule has 1 aliphatic heterocycles. The maximum absolute atomic E-state index is 11.0. The van der Waals surface area contributed by atoms with E-state index in [4.69, 9.17) is 4.63 Å². The first kappa shape index (κ1) is 12.8. The quantitative estimate of drug-likeness (QED) is 0.667. The van der Waals surface area contributed by atoms with E-state index >= 15 is 0 Å². The molecule has 2 aromatic rings. The molecule has 20 heavy (non-hydrogen) atoms. The van der Waals surface area contributed by atoms with E-state index in [1.807, 2.05) is 7.05 Å². The van der Waals surface area contributed by atoms with E-state index in [1.165, 1.54) is 6.07 Å². The number of nitro benzene ring substituents is 1. The van der Waals surface area contributed by atoms with Gasteiger partial charge in [-0.15, -0.1) is 0 Å². The minimum atomic E-state index is -0.469. The molecule has 1 aromatic carbocycles. The highest BCUT2D eigenvalue weighted by molar-refractivity contribution is 5.93. The van der Waals surface area contributed by atoms with Crippen LogP contribution in [0.15, 0.2) is 16.8 Å². The van der Waals surface area contributed by atoms with Crippen LogP contribution in [0.2, 0.25) is 0 Å². The molecule has 0 spiro atoms. The van der Waals surface area contributed by atoms with Gasteiger partial charge in [-0.2, -0.15) is 0 Å². The highest BCUT2D eigenvalue weighted by Crippen LogP contribution is 2.32. The molecule has 0 bridgehead atoms. The number of nitrogens with zero attached hydrogens (tertiary/aromatic N) is 4. The Kier molecular flexibility index (Phi) is 3.23. The summed E-state index contributed by atoms with van der Waals surface area (Å²) in [5.41, 5.74) is 1.43. The van der Waals surface area contributed by atoms with E-state index in [2.05, 4.69) is 20.5 Å². The minimum absolute atomic E-state index is 0.0767. The van der Waals surface area contributed by atoms with Gasteiger partial charge in [0.05, 0.1) is 10.6 Å². The van der Waals surface area contributed by atoms with Crippen molar-refractivity contribution >= 4 is 22.4 Å². The Morgan fingerprint density at radius 3 is 3.00 bits per heavy atom. The molecule has 1 fully saturated rings. The number of aromatic nitrogens is 2. The molecular formula is C12H15N5O3. The zero-order valence-electron chi connectivity index (χ0n) is 11.1. The van der Waals surface area contributed by atoms with Gasteiger partial charge < -0.3 is 10.2 Å². The number of rotatable bonds is 3. The normalized spacial score (nSPS) is 19.4. The fourth-order valence-electron chi connectivity index (χ4n) is 2.67.